The smallest absolute Gasteiger partial charge is 0.193 e. The van der Waals surface area contributed by atoms with Crippen LogP contribution < -0.4 is 5.32 Å². The van der Waals surface area contributed by atoms with Crippen LogP contribution in [0.4, 0.5) is 8.78 Å². The molecule has 0 spiro atoms. The van der Waals surface area contributed by atoms with Crippen molar-refractivity contribution in [3.63, 3.8) is 0 Å². The van der Waals surface area contributed by atoms with Gasteiger partial charge in [0.25, 0.3) is 0 Å². The number of methoxy groups -OCH3 is 1. The van der Waals surface area contributed by atoms with Crippen LogP contribution in [0.1, 0.15) is 44.6 Å². The number of ether oxygens (including phenoxy) is 1. The number of nitrogens with one attached hydrogen (secondary N) is 1. The number of likely N-dealkylation sites (tertiary alicyclic amines) is 1. The summed E-state index contributed by atoms with van der Waals surface area (Å²) in [6.07, 6.45) is 4.60. The second-order valence-electron chi connectivity index (χ2n) is 7.81. The predicted molar refractivity (Wildman–Crippen MR) is 119 cm³/mol. The fourth-order valence-electron chi connectivity index (χ4n) is 4.59. The summed E-state index contributed by atoms with van der Waals surface area (Å²) < 4.78 is 34.3. The van der Waals surface area contributed by atoms with Crippen LogP contribution >= 0.6 is 24.0 Å². The van der Waals surface area contributed by atoms with Gasteiger partial charge in [0, 0.05) is 43.6 Å². The van der Waals surface area contributed by atoms with Crippen LogP contribution in [0.5, 0.6) is 0 Å². The lowest BCUT2D eigenvalue weighted by molar-refractivity contribution is 0.157. The second-order valence-corrected chi connectivity index (χ2v) is 7.81. The van der Waals surface area contributed by atoms with E-state index in [2.05, 4.69) is 10.2 Å². The summed E-state index contributed by atoms with van der Waals surface area (Å²) in [6, 6.07) is 4.16. The fourth-order valence-corrected chi connectivity index (χ4v) is 4.59. The first-order valence-corrected chi connectivity index (χ1v) is 10.1. The van der Waals surface area contributed by atoms with Gasteiger partial charge in [-0.05, 0) is 38.3 Å². The van der Waals surface area contributed by atoms with E-state index in [1.165, 1.54) is 18.2 Å². The lowest BCUT2D eigenvalue weighted by Gasteiger charge is -2.30. The van der Waals surface area contributed by atoms with Gasteiger partial charge in [0.1, 0.15) is 11.6 Å². The molecule has 7 heteroatoms. The van der Waals surface area contributed by atoms with Crippen LogP contribution in [0.3, 0.4) is 0 Å². The van der Waals surface area contributed by atoms with Crippen molar-refractivity contribution in [3.8, 4) is 0 Å². The number of hydrogen-bond acceptors (Lipinski definition) is 2. The van der Waals surface area contributed by atoms with E-state index in [-0.39, 0.29) is 29.5 Å². The maximum atomic E-state index is 14.5. The van der Waals surface area contributed by atoms with Gasteiger partial charge in [-0.1, -0.05) is 18.9 Å². The number of halogens is 3. The van der Waals surface area contributed by atoms with Gasteiger partial charge in [-0.15, -0.1) is 24.0 Å². The Morgan fingerprint density at radius 3 is 2.57 bits per heavy atom. The van der Waals surface area contributed by atoms with Gasteiger partial charge in [0.05, 0.1) is 13.2 Å². The number of hydrogen-bond donors (Lipinski definition) is 1. The molecular weight excluding hydrogens is 475 g/mol. The van der Waals surface area contributed by atoms with Gasteiger partial charge in [-0.3, -0.25) is 4.99 Å². The number of aliphatic imine (C=N–C) groups is 1. The van der Waals surface area contributed by atoms with E-state index >= 15 is 0 Å². The van der Waals surface area contributed by atoms with E-state index in [1.54, 1.807) is 7.11 Å². The molecule has 158 valence electrons. The van der Waals surface area contributed by atoms with E-state index < -0.39 is 17.0 Å². The van der Waals surface area contributed by atoms with Gasteiger partial charge >= 0.3 is 0 Å². The molecule has 1 saturated heterocycles. The molecule has 3 rings (SSSR count). The van der Waals surface area contributed by atoms with Crippen molar-refractivity contribution in [2.24, 2.45) is 10.9 Å². The zero-order valence-corrected chi connectivity index (χ0v) is 19.2. The Kier molecular flexibility index (Phi) is 8.92. The molecule has 4 nitrogen and oxygen atoms in total. The molecule has 1 N–H and O–H groups in total. The van der Waals surface area contributed by atoms with E-state index in [0.29, 0.717) is 12.5 Å². The zero-order chi connectivity index (χ0) is 19.3. The van der Waals surface area contributed by atoms with Crippen molar-refractivity contribution in [1.82, 2.24) is 10.2 Å². The molecule has 1 heterocycles. The highest BCUT2D eigenvalue weighted by molar-refractivity contribution is 14.0. The highest BCUT2D eigenvalue weighted by atomic mass is 127. The molecule has 28 heavy (non-hydrogen) atoms. The Balaban J connectivity index is 0.00000280. The predicted octanol–water partition coefficient (Wildman–Crippen LogP) is 4.33. The molecule has 1 atom stereocenters. The molecule has 0 aromatic heterocycles. The minimum atomic E-state index is -0.540. The Hall–Kier alpha value is -0.960. The molecule has 0 bridgehead atoms. The third-order valence-electron chi connectivity index (χ3n) is 5.91. The molecular formula is C21H32F2IN3O. The molecule has 2 aliphatic rings. The van der Waals surface area contributed by atoms with Gasteiger partial charge in [-0.25, -0.2) is 8.78 Å². The Morgan fingerprint density at radius 2 is 1.96 bits per heavy atom. The Bertz CT molecular complexity index is 645. The number of benzene rings is 1. The molecule has 1 saturated carbocycles. The summed E-state index contributed by atoms with van der Waals surface area (Å²) in [6.45, 7) is 5.81. The molecule has 0 amide bonds. The van der Waals surface area contributed by atoms with E-state index in [4.69, 9.17) is 9.73 Å². The quantitative estimate of drug-likeness (QED) is 0.354. The number of guanidine groups is 1. The first-order chi connectivity index (χ1) is 13.1. The maximum Gasteiger partial charge on any atom is 0.193 e. The van der Waals surface area contributed by atoms with Crippen LogP contribution in [0.2, 0.25) is 0 Å². The third-order valence-corrected chi connectivity index (χ3v) is 5.91. The maximum absolute atomic E-state index is 14.5. The van der Waals surface area contributed by atoms with Gasteiger partial charge in [-0.2, -0.15) is 0 Å². The van der Waals surface area contributed by atoms with E-state index in [0.717, 1.165) is 64.3 Å². The van der Waals surface area contributed by atoms with Gasteiger partial charge in [0.15, 0.2) is 5.96 Å². The van der Waals surface area contributed by atoms with Crippen LogP contribution in [0.15, 0.2) is 23.2 Å². The molecule has 1 aliphatic carbocycles. The lowest BCUT2D eigenvalue weighted by Crippen LogP contribution is -2.41. The van der Waals surface area contributed by atoms with Crippen LogP contribution in [0.25, 0.3) is 0 Å². The van der Waals surface area contributed by atoms with Crippen molar-refractivity contribution in [2.45, 2.75) is 44.4 Å². The zero-order valence-electron chi connectivity index (χ0n) is 16.8. The third kappa shape index (κ3) is 5.14. The van der Waals surface area contributed by atoms with Crippen molar-refractivity contribution in [3.05, 3.63) is 35.4 Å². The summed E-state index contributed by atoms with van der Waals surface area (Å²) in [5, 5.41) is 3.36. The summed E-state index contributed by atoms with van der Waals surface area (Å²) in [4.78, 5) is 7.10. The average Bonchev–Trinajstić information content (AvgIpc) is 3.29. The normalized spacial score (nSPS) is 21.6. The lowest BCUT2D eigenvalue weighted by atomic mass is 9.78. The monoisotopic (exact) mass is 507 g/mol. The SMILES string of the molecule is CCNC(=NCC1(c2c(F)cccc2F)CCCC1)N1CCC(COC)C1.I. The highest BCUT2D eigenvalue weighted by Gasteiger charge is 2.40. The van der Waals surface area contributed by atoms with Crippen LogP contribution in [-0.2, 0) is 10.2 Å². The van der Waals surface area contributed by atoms with Gasteiger partial charge in [0.2, 0.25) is 0 Å². The van der Waals surface area contributed by atoms with Gasteiger partial charge < -0.3 is 15.0 Å². The molecule has 2 fully saturated rings. The van der Waals surface area contributed by atoms with E-state index in [1.807, 2.05) is 6.92 Å². The average molecular weight is 507 g/mol. The van der Waals surface area contributed by atoms with Crippen molar-refractivity contribution < 1.29 is 13.5 Å². The summed E-state index contributed by atoms with van der Waals surface area (Å²) >= 11 is 0. The Labute approximate surface area is 184 Å². The molecule has 0 radical (unpaired) electrons. The fraction of sp³-hybridized carbons (Fsp3) is 0.667. The van der Waals surface area contributed by atoms with E-state index in [9.17, 15) is 8.78 Å². The first kappa shape index (κ1) is 23.3. The minimum Gasteiger partial charge on any atom is -0.384 e. The largest absolute Gasteiger partial charge is 0.384 e. The molecule has 1 aromatic carbocycles. The highest BCUT2D eigenvalue weighted by Crippen LogP contribution is 2.43. The first-order valence-electron chi connectivity index (χ1n) is 10.1. The summed E-state index contributed by atoms with van der Waals surface area (Å²) in [7, 11) is 1.73. The molecule has 1 unspecified atom stereocenters. The van der Waals surface area contributed by atoms with Crippen molar-refractivity contribution in [1.29, 1.82) is 0 Å². The second kappa shape index (κ2) is 10.7. The summed E-state index contributed by atoms with van der Waals surface area (Å²) in [5.41, 5.74) is -0.317. The Morgan fingerprint density at radius 1 is 1.29 bits per heavy atom. The number of nitrogens with zero attached hydrogens (tertiary/aromatic N) is 2. The number of rotatable bonds is 6. The van der Waals surface area contributed by atoms with Crippen LogP contribution in [0, 0.1) is 17.6 Å². The standard InChI is InChI=1S/C21H31F2N3O.HI/c1-3-24-20(26-12-9-16(13-26)14-27-2)25-15-21(10-4-5-11-21)19-17(22)7-6-8-18(19)23;/h6-8,16H,3-5,9-15H2,1-2H3,(H,24,25);1H. The minimum absolute atomic E-state index is 0. The van der Waals surface area contributed by atoms with Crippen molar-refractivity contribution in [2.75, 3.05) is 39.9 Å². The molecule has 1 aliphatic heterocycles. The summed E-state index contributed by atoms with van der Waals surface area (Å²) in [5.74, 6) is 0.458. The molecule has 1 aromatic rings. The van der Waals surface area contributed by atoms with Crippen LogP contribution in [-0.4, -0.2) is 50.8 Å². The van der Waals surface area contributed by atoms with Crippen molar-refractivity contribution >= 4 is 29.9 Å². The topological polar surface area (TPSA) is 36.9 Å².